The van der Waals surface area contributed by atoms with E-state index in [1.54, 1.807) is 0 Å². The maximum atomic E-state index is 3.70. The molecule has 1 aliphatic heterocycles. The van der Waals surface area contributed by atoms with Crippen molar-refractivity contribution in [3.05, 3.63) is 24.3 Å². The number of fused-ring (bicyclic) bond motifs is 2. The van der Waals surface area contributed by atoms with Crippen molar-refractivity contribution >= 4 is 11.4 Å². The molecule has 2 atom stereocenters. The first kappa shape index (κ1) is 9.08. The summed E-state index contributed by atoms with van der Waals surface area (Å²) in [6.07, 6.45) is 5.50. The SMILES string of the molecule is c1ccc2c(c1)NCC1CCCCC1N2. The van der Waals surface area contributed by atoms with E-state index in [1.807, 2.05) is 0 Å². The van der Waals surface area contributed by atoms with Gasteiger partial charge in [-0.1, -0.05) is 25.0 Å². The third-order valence-electron chi connectivity index (χ3n) is 3.73. The zero-order valence-corrected chi connectivity index (χ0v) is 9.00. The Balaban J connectivity index is 1.88. The van der Waals surface area contributed by atoms with Crippen LogP contribution in [-0.4, -0.2) is 12.6 Å². The quantitative estimate of drug-likeness (QED) is 0.675. The predicted molar refractivity (Wildman–Crippen MR) is 64.3 cm³/mol. The molecule has 0 aromatic heterocycles. The molecule has 1 fully saturated rings. The summed E-state index contributed by atoms with van der Waals surface area (Å²) in [4.78, 5) is 0. The van der Waals surface area contributed by atoms with Gasteiger partial charge in [-0.25, -0.2) is 0 Å². The summed E-state index contributed by atoms with van der Waals surface area (Å²) in [7, 11) is 0. The molecule has 1 saturated carbocycles. The molecule has 2 N–H and O–H groups in total. The minimum atomic E-state index is 0.690. The first-order chi connectivity index (χ1) is 7.43. The zero-order chi connectivity index (χ0) is 10.1. The largest absolute Gasteiger partial charge is 0.383 e. The number of hydrogen-bond donors (Lipinski definition) is 2. The van der Waals surface area contributed by atoms with Gasteiger partial charge in [0.1, 0.15) is 0 Å². The fourth-order valence-corrected chi connectivity index (χ4v) is 2.85. The summed E-state index contributed by atoms with van der Waals surface area (Å²) in [5.41, 5.74) is 2.55. The van der Waals surface area contributed by atoms with Crippen LogP contribution in [-0.2, 0) is 0 Å². The third-order valence-corrected chi connectivity index (χ3v) is 3.73. The molecule has 0 bridgehead atoms. The second-order valence-electron chi connectivity index (χ2n) is 4.72. The highest BCUT2D eigenvalue weighted by Crippen LogP contribution is 2.33. The number of anilines is 2. The van der Waals surface area contributed by atoms with E-state index in [-0.39, 0.29) is 0 Å². The Labute approximate surface area is 91.1 Å². The van der Waals surface area contributed by atoms with E-state index in [9.17, 15) is 0 Å². The second-order valence-corrected chi connectivity index (χ2v) is 4.72. The molecule has 1 aromatic rings. The topological polar surface area (TPSA) is 24.1 Å². The first-order valence-electron chi connectivity index (χ1n) is 6.03. The molecule has 15 heavy (non-hydrogen) atoms. The monoisotopic (exact) mass is 202 g/mol. The highest BCUT2D eigenvalue weighted by molar-refractivity contribution is 5.69. The number of rotatable bonds is 0. The maximum Gasteiger partial charge on any atom is 0.0578 e. The van der Waals surface area contributed by atoms with Gasteiger partial charge in [0.25, 0.3) is 0 Å². The molecular weight excluding hydrogens is 184 g/mol. The Bertz CT molecular complexity index is 348. The van der Waals surface area contributed by atoms with Crippen LogP contribution >= 0.6 is 0 Å². The van der Waals surface area contributed by atoms with Crippen LogP contribution in [0.2, 0.25) is 0 Å². The lowest BCUT2D eigenvalue weighted by Crippen LogP contribution is -2.34. The Morgan fingerprint density at radius 2 is 1.80 bits per heavy atom. The van der Waals surface area contributed by atoms with Gasteiger partial charge in [0.2, 0.25) is 0 Å². The van der Waals surface area contributed by atoms with Crippen molar-refractivity contribution < 1.29 is 0 Å². The Hall–Kier alpha value is -1.18. The lowest BCUT2D eigenvalue weighted by molar-refractivity contribution is 0.342. The molecule has 1 aliphatic carbocycles. The number of nitrogens with one attached hydrogen (secondary N) is 2. The van der Waals surface area contributed by atoms with E-state index in [1.165, 1.54) is 37.1 Å². The minimum absolute atomic E-state index is 0.690. The molecule has 0 saturated heterocycles. The molecule has 2 nitrogen and oxygen atoms in total. The van der Waals surface area contributed by atoms with Crippen LogP contribution in [0.15, 0.2) is 24.3 Å². The summed E-state index contributed by atoms with van der Waals surface area (Å²) in [5, 5.41) is 7.26. The highest BCUT2D eigenvalue weighted by atomic mass is 15.0. The van der Waals surface area contributed by atoms with Crippen LogP contribution < -0.4 is 10.6 Å². The molecule has 0 radical (unpaired) electrons. The second kappa shape index (κ2) is 3.76. The van der Waals surface area contributed by atoms with Crippen molar-refractivity contribution in [2.24, 2.45) is 5.92 Å². The van der Waals surface area contributed by atoms with Gasteiger partial charge in [0.05, 0.1) is 11.4 Å². The van der Waals surface area contributed by atoms with E-state index in [4.69, 9.17) is 0 Å². The fraction of sp³-hybridized carbons (Fsp3) is 0.538. The third kappa shape index (κ3) is 1.69. The van der Waals surface area contributed by atoms with Crippen LogP contribution in [0.4, 0.5) is 11.4 Å². The van der Waals surface area contributed by atoms with Crippen molar-refractivity contribution in [3.8, 4) is 0 Å². The molecule has 3 rings (SSSR count). The zero-order valence-electron chi connectivity index (χ0n) is 9.00. The van der Waals surface area contributed by atoms with Crippen LogP contribution in [0.5, 0.6) is 0 Å². The smallest absolute Gasteiger partial charge is 0.0578 e. The Kier molecular flexibility index (Phi) is 2.28. The van der Waals surface area contributed by atoms with Gasteiger partial charge in [-0.15, -0.1) is 0 Å². The van der Waals surface area contributed by atoms with E-state index < -0.39 is 0 Å². The summed E-state index contributed by atoms with van der Waals surface area (Å²) in [5.74, 6) is 0.811. The number of benzene rings is 1. The van der Waals surface area contributed by atoms with Crippen molar-refractivity contribution in [2.75, 3.05) is 17.2 Å². The molecule has 2 aliphatic rings. The van der Waals surface area contributed by atoms with E-state index in [2.05, 4.69) is 34.9 Å². The average Bonchev–Trinajstić information content (AvgIpc) is 2.48. The van der Waals surface area contributed by atoms with Crippen molar-refractivity contribution in [2.45, 2.75) is 31.7 Å². The summed E-state index contributed by atoms with van der Waals surface area (Å²) in [6.45, 7) is 1.13. The van der Waals surface area contributed by atoms with Gasteiger partial charge in [0, 0.05) is 12.6 Å². The average molecular weight is 202 g/mol. The maximum absolute atomic E-state index is 3.70. The first-order valence-corrected chi connectivity index (χ1v) is 6.03. The van der Waals surface area contributed by atoms with Crippen LogP contribution in [0.1, 0.15) is 25.7 Å². The van der Waals surface area contributed by atoms with Gasteiger partial charge in [-0.2, -0.15) is 0 Å². The van der Waals surface area contributed by atoms with Crippen molar-refractivity contribution in [1.29, 1.82) is 0 Å². The molecule has 1 aromatic carbocycles. The lowest BCUT2D eigenvalue weighted by Gasteiger charge is -2.30. The number of hydrogen-bond acceptors (Lipinski definition) is 2. The standard InChI is InChI=1S/C13H18N2/c1-2-6-11-10(5-1)9-14-12-7-3-4-8-13(12)15-11/h3-4,7-8,10-11,14-15H,1-2,5-6,9H2. The van der Waals surface area contributed by atoms with E-state index >= 15 is 0 Å². The van der Waals surface area contributed by atoms with Crippen LogP contribution in [0.3, 0.4) is 0 Å². The summed E-state index contributed by atoms with van der Waals surface area (Å²) >= 11 is 0. The van der Waals surface area contributed by atoms with Gasteiger partial charge < -0.3 is 10.6 Å². The molecule has 0 amide bonds. The number of para-hydroxylation sites is 2. The van der Waals surface area contributed by atoms with Crippen LogP contribution in [0.25, 0.3) is 0 Å². The van der Waals surface area contributed by atoms with Crippen molar-refractivity contribution in [1.82, 2.24) is 0 Å². The molecular formula is C13H18N2. The summed E-state index contributed by atoms with van der Waals surface area (Å²) in [6, 6.07) is 9.24. The molecule has 0 spiro atoms. The minimum Gasteiger partial charge on any atom is -0.383 e. The predicted octanol–water partition coefficient (Wildman–Crippen LogP) is 3.08. The highest BCUT2D eigenvalue weighted by Gasteiger charge is 2.27. The molecule has 2 unspecified atom stereocenters. The molecule has 1 heterocycles. The van der Waals surface area contributed by atoms with Gasteiger partial charge in [0.15, 0.2) is 0 Å². The normalized spacial score (nSPS) is 29.1. The summed E-state index contributed by atoms with van der Waals surface area (Å²) < 4.78 is 0. The molecule has 2 heteroatoms. The van der Waals surface area contributed by atoms with E-state index in [0.29, 0.717) is 6.04 Å². The van der Waals surface area contributed by atoms with Crippen molar-refractivity contribution in [3.63, 3.8) is 0 Å². The van der Waals surface area contributed by atoms with E-state index in [0.717, 1.165) is 12.5 Å². The van der Waals surface area contributed by atoms with Gasteiger partial charge in [-0.05, 0) is 30.9 Å². The van der Waals surface area contributed by atoms with Gasteiger partial charge in [-0.3, -0.25) is 0 Å². The fourth-order valence-electron chi connectivity index (χ4n) is 2.85. The van der Waals surface area contributed by atoms with Crippen LogP contribution in [0, 0.1) is 5.92 Å². The Morgan fingerprint density at radius 3 is 2.73 bits per heavy atom. The Morgan fingerprint density at radius 1 is 1.00 bits per heavy atom. The lowest BCUT2D eigenvalue weighted by atomic mass is 9.84. The van der Waals surface area contributed by atoms with Gasteiger partial charge >= 0.3 is 0 Å². The molecule has 80 valence electrons.